The zero-order valence-corrected chi connectivity index (χ0v) is 106. The number of hydrogen-bond donors (Lipinski definition) is 4. The second kappa shape index (κ2) is 57.6. The van der Waals surface area contributed by atoms with Gasteiger partial charge < -0.3 is 110 Å². The van der Waals surface area contributed by atoms with Gasteiger partial charge in [-0.25, -0.2) is 0 Å². The number of phenolic OH excluding ortho intramolecular Hbond substituents is 4. The molecule has 0 heterocycles. The van der Waals surface area contributed by atoms with Crippen molar-refractivity contribution in [3.05, 3.63) is 398 Å². The summed E-state index contributed by atoms with van der Waals surface area (Å²) in [7, 11) is 0. The Morgan fingerprint density at radius 1 is 0.218 bits per heavy atom. The van der Waals surface area contributed by atoms with Crippen molar-refractivity contribution in [1.82, 2.24) is 0 Å². The van der Waals surface area contributed by atoms with Crippen LogP contribution in [0.15, 0.2) is 231 Å². The van der Waals surface area contributed by atoms with Gasteiger partial charge in [-0.05, 0) is 323 Å². The molecule has 8 heteroatoms. The van der Waals surface area contributed by atoms with Crippen molar-refractivity contribution in [3.8, 4) is 112 Å². The maximum Gasteiger partial charge on any atom is 3.00 e. The van der Waals surface area contributed by atoms with E-state index < -0.39 is 0 Å². The van der Waals surface area contributed by atoms with E-state index in [9.17, 15) is 20.4 Å². The number of rotatable bonds is 21. The van der Waals surface area contributed by atoms with Crippen molar-refractivity contribution in [2.45, 2.75) is 309 Å². The fourth-order valence-electron chi connectivity index (χ4n) is 23.7. The van der Waals surface area contributed by atoms with Gasteiger partial charge in [0.05, 0.1) is 0 Å². The largest absolute Gasteiger partial charge is 3.00 e. The van der Waals surface area contributed by atoms with Crippen LogP contribution in [0.1, 0.15) is 330 Å². The third kappa shape index (κ3) is 30.3. The van der Waals surface area contributed by atoms with E-state index >= 15 is 0 Å². The Morgan fingerprint density at radius 2 is 0.449 bits per heavy atom. The van der Waals surface area contributed by atoms with Crippen molar-refractivity contribution >= 4 is 0 Å². The molecule has 0 fully saturated rings. The van der Waals surface area contributed by atoms with Gasteiger partial charge in [0.2, 0.25) is 0 Å². The van der Waals surface area contributed by atoms with Gasteiger partial charge in [-0.15, -0.1) is 0 Å². The normalized spacial score (nSPS) is 13.9. The summed E-state index contributed by atoms with van der Waals surface area (Å²) in [6.45, 7) is 68.2. The molecule has 4 radical (unpaired) electrons. The van der Waals surface area contributed by atoms with Crippen LogP contribution in [0.5, 0.6) is 23.0 Å². The van der Waals surface area contributed by atoms with Crippen LogP contribution in [0.3, 0.4) is 0 Å². The van der Waals surface area contributed by atoms with Crippen molar-refractivity contribution in [2.24, 2.45) is 47.3 Å². The zero-order valence-electron chi connectivity index (χ0n) is 99.7. The van der Waals surface area contributed by atoms with Gasteiger partial charge in [0.1, 0.15) is 23.0 Å². The molecule has 0 amide bonds. The SMILES string of the molecule is CC(C)CC1(CC(C)C)c2ccccc2-c2ccc(-c3cc(C(C)(C)C)cc(C(C)(C)C)c3O)cc21.CC(C)CC1(CC(C)C)c2ccccc2-c2ccc(-c3cc(C(C)(C)C)ccc3O)cc21.CCC(C)CC1(CC(C)C)c2ccccc2-c2ccc(-c3cc(C)cc(C(C)(C)C)c3O)cc21.Cc1ccc(O)c(-c2ccc3c(c2)C(CC(C)C)(CC(C)C)c2ccccc2-3)c1.[CH3-].[CH3-].[CH3-].[CH3-].[CH3-].[CH3-].[CH3-].[CH3-].[CH3-].[CH3-].[CH3-].[CH3-].[Ti+3].[Ti+3].[Ti+3].[Ti+3]. The van der Waals surface area contributed by atoms with Crippen molar-refractivity contribution in [2.75, 3.05) is 0 Å². The Kier molecular flexibility index (Phi) is 57.2. The van der Waals surface area contributed by atoms with E-state index in [0.717, 1.165) is 113 Å². The molecule has 790 valence electrons. The summed E-state index contributed by atoms with van der Waals surface area (Å²) in [5.74, 6) is 6.32. The van der Waals surface area contributed by atoms with E-state index in [1.807, 2.05) is 24.3 Å². The fourth-order valence-corrected chi connectivity index (χ4v) is 23.7. The molecule has 0 aromatic heterocycles. The molecule has 12 aromatic carbocycles. The number of aryl methyl sites for hydroxylation is 2. The van der Waals surface area contributed by atoms with E-state index in [1.165, 1.54) is 112 Å². The zero-order chi connectivity index (χ0) is 95.5. The molecule has 4 aliphatic carbocycles. The first kappa shape index (κ1) is 146. The van der Waals surface area contributed by atoms with Crippen molar-refractivity contribution in [1.29, 1.82) is 0 Å². The monoisotopic (exact) mass is 2120 g/mol. The number of phenols is 4. The molecule has 0 bridgehead atoms. The molecular formula is C139H194O4Ti4. The van der Waals surface area contributed by atoms with Gasteiger partial charge in [0.25, 0.3) is 0 Å². The Bertz CT molecular complexity index is 6110. The van der Waals surface area contributed by atoms with Crippen molar-refractivity contribution < 1.29 is 107 Å². The number of fused-ring (bicyclic) bond motifs is 12. The van der Waals surface area contributed by atoms with Gasteiger partial charge in [-0.2, -0.15) is 0 Å². The number of benzene rings is 12. The summed E-state index contributed by atoms with van der Waals surface area (Å²) in [5.41, 5.74) is 37.5. The van der Waals surface area contributed by atoms with Gasteiger partial charge in [0, 0.05) is 55.0 Å². The number of aromatic hydroxyl groups is 4. The molecule has 16 rings (SSSR count). The van der Waals surface area contributed by atoms with Crippen LogP contribution in [0.2, 0.25) is 0 Å². The van der Waals surface area contributed by atoms with E-state index in [2.05, 4.69) is 414 Å². The molecule has 4 N–H and O–H groups in total. The maximum atomic E-state index is 11.6. The molecule has 2 unspecified atom stereocenters. The Hall–Kier alpha value is -7.30. The molecule has 0 spiro atoms. The standard InChI is InChI=1S/C35H46O.C33H42O.C31H38O.C28H32O.12CH3.4Ti/c1-22(2)20-35(21-23(3)4)29-14-12-11-13-26(29)27-16-15-24(17-30(27)35)28-18-25(33(5,6)7)19-31(32(28)36)34(8,9)10;1-9-22(4)20-33(19-21(2)3)28-13-11-10-12-25(28)26-15-14-24(18-29(26)33)27-16-23(5)17-30(31(27)34)32(6,7)8;1-20(2)18-31(19-21(3)4)27-11-9-8-10-24(27)25-14-12-22(16-28(25)31)26-17-23(30(5,6)7)13-15-29(26)32;1-18(2)16-28(17-19(3)4)25-9-7-6-8-22(25)23-12-11-21(15-26(23)28)24-14-20(5)10-13-27(24)29;;;;;;;;;;;;;;;;/h11-19,22-23,36H,20-21H2,1-10H3;10-18,21-22,34H,9,19-20H2,1-8H3;8-17,20-21,32H,18-19H2,1-7H3;6-15,18-19,29H,16-17H2,1-5H3;12*1H3;;;;/q;;;;12*-1;4*+3. The van der Waals surface area contributed by atoms with E-state index in [0.29, 0.717) is 70.3 Å². The minimum absolute atomic E-state index is 0. The van der Waals surface area contributed by atoms with Crippen LogP contribution >= 0.6 is 0 Å². The molecule has 2 atom stereocenters. The Labute approximate surface area is 964 Å². The van der Waals surface area contributed by atoms with E-state index in [1.54, 1.807) is 0 Å². The molecule has 0 aliphatic heterocycles. The third-order valence-corrected chi connectivity index (χ3v) is 28.9. The summed E-state index contributed by atoms with van der Waals surface area (Å²) in [6.07, 6.45) is 10.3. The quantitative estimate of drug-likeness (QED) is 0.0427. The molecule has 147 heavy (non-hydrogen) atoms. The van der Waals surface area contributed by atoms with Crippen LogP contribution in [0.25, 0.3) is 89.0 Å². The third-order valence-electron chi connectivity index (χ3n) is 28.9. The van der Waals surface area contributed by atoms with Crippen LogP contribution in [-0.4, -0.2) is 20.4 Å². The van der Waals surface area contributed by atoms with E-state index in [-0.39, 0.29) is 219 Å². The fraction of sp³-hybridized carbons (Fsp3) is 0.396. The van der Waals surface area contributed by atoms with Gasteiger partial charge in [-0.3, -0.25) is 0 Å². The molecule has 0 saturated carbocycles. The minimum Gasteiger partial charge on any atom is -0.507 e. The first-order valence-electron chi connectivity index (χ1n) is 49.8. The average molecular weight is 2120 g/mol. The van der Waals surface area contributed by atoms with Crippen molar-refractivity contribution in [3.63, 3.8) is 0 Å². The second-order valence-electron chi connectivity index (χ2n) is 47.3. The van der Waals surface area contributed by atoms with Crippen LogP contribution < -0.4 is 0 Å². The molecule has 4 aliphatic rings. The summed E-state index contributed by atoms with van der Waals surface area (Å²) in [4.78, 5) is 0. The van der Waals surface area contributed by atoms with Crippen LogP contribution in [0.4, 0.5) is 0 Å². The van der Waals surface area contributed by atoms with Gasteiger partial charge >= 0.3 is 86.9 Å². The molecular weight excluding hydrogens is 1920 g/mol. The first-order valence-corrected chi connectivity index (χ1v) is 49.8. The summed E-state index contributed by atoms with van der Waals surface area (Å²) in [6, 6.07) is 84.2. The topological polar surface area (TPSA) is 80.9 Å². The predicted octanol–water partition coefficient (Wildman–Crippen LogP) is 41.3. The molecule has 0 saturated heterocycles. The number of hydrogen-bond acceptors (Lipinski definition) is 4. The van der Waals surface area contributed by atoms with Gasteiger partial charge in [0.15, 0.2) is 0 Å². The Morgan fingerprint density at radius 3 is 0.721 bits per heavy atom. The van der Waals surface area contributed by atoms with E-state index in [4.69, 9.17) is 0 Å². The average Bonchev–Trinajstić information content (AvgIpc) is 1.58. The summed E-state index contributed by atoms with van der Waals surface area (Å²) >= 11 is 0. The minimum atomic E-state index is -0.147. The smallest absolute Gasteiger partial charge is 0.507 e. The summed E-state index contributed by atoms with van der Waals surface area (Å²) < 4.78 is 0. The second-order valence-corrected chi connectivity index (χ2v) is 47.3. The molecule has 4 nitrogen and oxygen atoms in total. The maximum absolute atomic E-state index is 11.6. The Balaban J connectivity index is -0.000000897. The predicted molar refractivity (Wildman–Crippen MR) is 641 cm³/mol. The van der Waals surface area contributed by atoms with Crippen LogP contribution in [0, 0.1) is 150 Å². The molecule has 12 aromatic rings. The summed E-state index contributed by atoms with van der Waals surface area (Å²) in [5, 5.41) is 44.3. The van der Waals surface area contributed by atoms with Gasteiger partial charge in [-0.1, -0.05) is 376 Å². The van der Waals surface area contributed by atoms with Crippen LogP contribution in [-0.2, 0) is 130 Å². The first-order chi connectivity index (χ1) is 61.5.